The molecule has 7 heteroatoms. The lowest BCUT2D eigenvalue weighted by atomic mass is 10.1. The lowest BCUT2D eigenvalue weighted by molar-refractivity contribution is -0.138. The fourth-order valence-electron chi connectivity index (χ4n) is 2.79. The Morgan fingerprint density at radius 3 is 2.29 bits per heavy atom. The number of hydrogen-bond donors (Lipinski definition) is 0. The van der Waals surface area contributed by atoms with E-state index in [1.165, 1.54) is 4.90 Å². The molecule has 1 amide bonds. The summed E-state index contributed by atoms with van der Waals surface area (Å²) >= 11 is 0. The van der Waals surface area contributed by atoms with Gasteiger partial charge in [0.2, 0.25) is 0 Å². The predicted octanol–water partition coefficient (Wildman–Crippen LogP) is 3.06. The molecule has 1 aliphatic heterocycles. The van der Waals surface area contributed by atoms with Crippen LogP contribution in [-0.2, 0) is 6.18 Å². The average molecular weight is 335 g/mol. The van der Waals surface area contributed by atoms with Gasteiger partial charge in [0, 0.05) is 44.3 Å². The van der Waals surface area contributed by atoms with Crippen LogP contribution in [0.3, 0.4) is 0 Å². The lowest BCUT2D eigenvalue weighted by Crippen LogP contribution is -2.49. The highest BCUT2D eigenvalue weighted by Crippen LogP contribution is 2.32. The van der Waals surface area contributed by atoms with Crippen molar-refractivity contribution < 1.29 is 18.0 Å². The van der Waals surface area contributed by atoms with Gasteiger partial charge in [-0.2, -0.15) is 13.2 Å². The summed E-state index contributed by atoms with van der Waals surface area (Å²) in [5.41, 5.74) is -0.284. The molecule has 0 radical (unpaired) electrons. The van der Waals surface area contributed by atoms with Crippen molar-refractivity contribution in [2.45, 2.75) is 6.18 Å². The third-order valence-electron chi connectivity index (χ3n) is 4.05. The fraction of sp³-hybridized carbons (Fsp3) is 0.294. The molecule has 126 valence electrons. The highest BCUT2D eigenvalue weighted by molar-refractivity contribution is 5.95. The van der Waals surface area contributed by atoms with Crippen molar-refractivity contribution in [3.05, 3.63) is 59.9 Å². The second-order valence-corrected chi connectivity index (χ2v) is 5.53. The van der Waals surface area contributed by atoms with Crippen molar-refractivity contribution >= 4 is 11.6 Å². The molecule has 2 heterocycles. The Hall–Kier alpha value is -2.57. The first-order valence-electron chi connectivity index (χ1n) is 7.57. The van der Waals surface area contributed by atoms with Gasteiger partial charge in [0.25, 0.3) is 5.91 Å². The van der Waals surface area contributed by atoms with E-state index >= 15 is 0 Å². The van der Waals surface area contributed by atoms with E-state index in [2.05, 4.69) is 9.88 Å². The number of aromatic nitrogens is 1. The Labute approximate surface area is 137 Å². The standard InChI is InChI=1S/C17H16F3N3O/c18-17(19,20)15-6-7-21-12-14(15)16(24)23-10-8-22(9-11-23)13-4-2-1-3-5-13/h1-7,12H,8-11H2. The van der Waals surface area contributed by atoms with Crippen molar-refractivity contribution in [3.8, 4) is 0 Å². The van der Waals surface area contributed by atoms with Crippen LogP contribution in [0.5, 0.6) is 0 Å². The van der Waals surface area contributed by atoms with Crippen molar-refractivity contribution in [1.82, 2.24) is 9.88 Å². The summed E-state index contributed by atoms with van der Waals surface area (Å²) in [6, 6.07) is 10.6. The van der Waals surface area contributed by atoms with Crippen LogP contribution in [-0.4, -0.2) is 42.0 Å². The number of pyridine rings is 1. The first kappa shape index (κ1) is 16.3. The average Bonchev–Trinajstić information content (AvgIpc) is 2.61. The molecule has 0 saturated carbocycles. The van der Waals surface area contributed by atoms with Crippen LogP contribution >= 0.6 is 0 Å². The van der Waals surface area contributed by atoms with Gasteiger partial charge >= 0.3 is 6.18 Å². The maximum Gasteiger partial charge on any atom is 0.417 e. The van der Waals surface area contributed by atoms with Crippen molar-refractivity contribution in [3.63, 3.8) is 0 Å². The lowest BCUT2D eigenvalue weighted by Gasteiger charge is -2.36. The number of carbonyl (C=O) groups is 1. The molecule has 0 atom stereocenters. The summed E-state index contributed by atoms with van der Waals surface area (Å²) in [4.78, 5) is 19.7. The van der Waals surface area contributed by atoms with E-state index in [1.807, 2.05) is 30.3 Å². The first-order chi connectivity index (χ1) is 11.5. The maximum absolute atomic E-state index is 13.1. The number of halogens is 3. The number of para-hydroxylation sites is 1. The van der Waals surface area contributed by atoms with Crippen molar-refractivity contribution in [2.75, 3.05) is 31.1 Å². The van der Waals surface area contributed by atoms with Gasteiger partial charge in [0.1, 0.15) is 0 Å². The molecule has 2 aromatic rings. The van der Waals surface area contributed by atoms with Crippen LogP contribution in [0, 0.1) is 0 Å². The Balaban J connectivity index is 1.72. The minimum Gasteiger partial charge on any atom is -0.368 e. The highest BCUT2D eigenvalue weighted by atomic mass is 19.4. The highest BCUT2D eigenvalue weighted by Gasteiger charge is 2.36. The molecule has 3 rings (SSSR count). The zero-order valence-electron chi connectivity index (χ0n) is 12.8. The summed E-state index contributed by atoms with van der Waals surface area (Å²) in [7, 11) is 0. The van der Waals surface area contributed by atoms with E-state index in [4.69, 9.17) is 0 Å². The molecule has 1 fully saturated rings. The molecule has 1 aromatic carbocycles. The number of nitrogens with zero attached hydrogens (tertiary/aromatic N) is 3. The van der Waals surface area contributed by atoms with E-state index in [9.17, 15) is 18.0 Å². The second-order valence-electron chi connectivity index (χ2n) is 5.53. The van der Waals surface area contributed by atoms with E-state index in [-0.39, 0.29) is 0 Å². The Morgan fingerprint density at radius 2 is 1.67 bits per heavy atom. The number of benzene rings is 1. The number of anilines is 1. The summed E-state index contributed by atoms with van der Waals surface area (Å²) in [5.74, 6) is -0.622. The molecule has 24 heavy (non-hydrogen) atoms. The predicted molar refractivity (Wildman–Crippen MR) is 83.8 cm³/mol. The van der Waals surface area contributed by atoms with E-state index < -0.39 is 23.2 Å². The van der Waals surface area contributed by atoms with Gasteiger partial charge < -0.3 is 9.80 Å². The zero-order chi connectivity index (χ0) is 17.2. The molecule has 1 aromatic heterocycles. The van der Waals surface area contributed by atoms with Crippen LogP contribution in [0.15, 0.2) is 48.8 Å². The van der Waals surface area contributed by atoms with Gasteiger partial charge in [-0.3, -0.25) is 9.78 Å². The third kappa shape index (κ3) is 3.34. The Kier molecular flexibility index (Phi) is 4.42. The van der Waals surface area contributed by atoms with Gasteiger partial charge in [0.05, 0.1) is 11.1 Å². The third-order valence-corrected chi connectivity index (χ3v) is 4.05. The molecule has 1 aliphatic rings. The van der Waals surface area contributed by atoms with Gasteiger partial charge in [-0.1, -0.05) is 18.2 Å². The molecular weight excluding hydrogens is 319 g/mol. The van der Waals surface area contributed by atoms with Crippen LogP contribution < -0.4 is 4.90 Å². The smallest absolute Gasteiger partial charge is 0.368 e. The molecular formula is C17H16F3N3O. The molecule has 0 N–H and O–H groups in total. The molecule has 0 bridgehead atoms. The zero-order valence-corrected chi connectivity index (χ0v) is 12.8. The Morgan fingerprint density at radius 1 is 1.00 bits per heavy atom. The van der Waals surface area contributed by atoms with Crippen LogP contribution in [0.1, 0.15) is 15.9 Å². The van der Waals surface area contributed by atoms with Gasteiger partial charge in [-0.05, 0) is 18.2 Å². The Bertz CT molecular complexity index is 711. The second kappa shape index (κ2) is 6.51. The SMILES string of the molecule is O=C(c1cnccc1C(F)(F)F)N1CCN(c2ccccc2)CC1. The molecule has 0 unspecified atom stereocenters. The number of hydrogen-bond acceptors (Lipinski definition) is 3. The summed E-state index contributed by atoms with van der Waals surface area (Å²) in [5, 5.41) is 0. The van der Waals surface area contributed by atoms with E-state index in [1.54, 1.807) is 0 Å². The molecule has 1 saturated heterocycles. The van der Waals surface area contributed by atoms with Gasteiger partial charge in [0.15, 0.2) is 0 Å². The van der Waals surface area contributed by atoms with Gasteiger partial charge in [-0.25, -0.2) is 0 Å². The minimum atomic E-state index is -4.57. The minimum absolute atomic E-state index is 0.375. The number of rotatable bonds is 2. The topological polar surface area (TPSA) is 36.4 Å². The number of alkyl halides is 3. The van der Waals surface area contributed by atoms with E-state index in [0.717, 1.165) is 24.1 Å². The quantitative estimate of drug-likeness (QED) is 0.846. The summed E-state index contributed by atoms with van der Waals surface area (Å²) in [6.45, 7) is 1.91. The van der Waals surface area contributed by atoms with Crippen LogP contribution in [0.4, 0.5) is 18.9 Å². The van der Waals surface area contributed by atoms with E-state index in [0.29, 0.717) is 26.2 Å². The maximum atomic E-state index is 13.1. The number of amides is 1. The summed E-state index contributed by atoms with van der Waals surface area (Å²) < 4.78 is 39.2. The van der Waals surface area contributed by atoms with Crippen LogP contribution in [0.2, 0.25) is 0 Å². The molecule has 0 aliphatic carbocycles. The van der Waals surface area contributed by atoms with Crippen molar-refractivity contribution in [2.24, 2.45) is 0 Å². The van der Waals surface area contributed by atoms with Crippen molar-refractivity contribution in [1.29, 1.82) is 0 Å². The molecule has 0 spiro atoms. The van der Waals surface area contributed by atoms with Crippen LogP contribution in [0.25, 0.3) is 0 Å². The number of carbonyl (C=O) groups excluding carboxylic acids is 1. The fourth-order valence-corrected chi connectivity index (χ4v) is 2.79. The number of piperazine rings is 1. The largest absolute Gasteiger partial charge is 0.417 e. The monoisotopic (exact) mass is 335 g/mol. The first-order valence-corrected chi connectivity index (χ1v) is 7.57. The molecule has 4 nitrogen and oxygen atoms in total. The normalized spacial score (nSPS) is 15.5. The van der Waals surface area contributed by atoms with Gasteiger partial charge in [-0.15, -0.1) is 0 Å². The summed E-state index contributed by atoms with van der Waals surface area (Å²) in [6.07, 6.45) is -2.53.